The number of nitrogen functional groups attached to an aromatic ring is 1. The molecule has 102 valence electrons. The number of benzene rings is 2. The van der Waals surface area contributed by atoms with Crippen molar-refractivity contribution in [1.82, 2.24) is 0 Å². The number of nitrogens with two attached hydrogens (primary N) is 1. The summed E-state index contributed by atoms with van der Waals surface area (Å²) in [4.78, 5) is 4.53. The molecule has 5 heteroatoms. The van der Waals surface area contributed by atoms with Gasteiger partial charge in [0.05, 0.1) is 0 Å². The molecule has 1 unspecified atom stereocenters. The second kappa shape index (κ2) is 4.77. The smallest absolute Gasteiger partial charge is 0.153 e. The highest BCUT2D eigenvalue weighted by molar-refractivity contribution is 6.01. The minimum atomic E-state index is -0.200. The maximum Gasteiger partial charge on any atom is 0.153 e. The molecule has 0 saturated carbocycles. The molecule has 0 saturated heterocycles. The van der Waals surface area contributed by atoms with Crippen LogP contribution in [0, 0.1) is 0 Å². The van der Waals surface area contributed by atoms with E-state index in [1.165, 1.54) is 0 Å². The van der Waals surface area contributed by atoms with E-state index in [0.717, 1.165) is 5.69 Å². The predicted octanol–water partition coefficient (Wildman–Crippen LogP) is 2.90. The van der Waals surface area contributed by atoms with Gasteiger partial charge in [0.2, 0.25) is 0 Å². The van der Waals surface area contributed by atoms with Gasteiger partial charge in [-0.25, -0.2) is 4.99 Å². The summed E-state index contributed by atoms with van der Waals surface area (Å²) in [6.45, 7) is 1.91. The minimum absolute atomic E-state index is 0.199. The number of phenols is 1. The second-order valence-electron chi connectivity index (χ2n) is 4.66. The molecule has 3 rings (SSSR count). The van der Waals surface area contributed by atoms with Gasteiger partial charge in [0, 0.05) is 17.4 Å². The van der Waals surface area contributed by atoms with Gasteiger partial charge in [-0.05, 0) is 37.3 Å². The summed E-state index contributed by atoms with van der Waals surface area (Å²) in [7, 11) is 0. The van der Waals surface area contributed by atoms with E-state index in [1.54, 1.807) is 30.3 Å². The van der Waals surface area contributed by atoms with Crippen LogP contribution in [0.5, 0.6) is 11.5 Å². The van der Waals surface area contributed by atoms with E-state index in [-0.39, 0.29) is 11.9 Å². The first-order chi connectivity index (χ1) is 9.61. The number of ether oxygens (including phenoxy) is 1. The van der Waals surface area contributed by atoms with Crippen molar-refractivity contribution in [3.05, 3.63) is 42.5 Å². The molecule has 2 aromatic carbocycles. The number of phenolic OH excluding ortho intramolecular Hbond substituents is 1. The Morgan fingerprint density at radius 2 is 2.10 bits per heavy atom. The number of hydrogen-bond acceptors (Lipinski definition) is 5. The predicted molar refractivity (Wildman–Crippen MR) is 79.8 cm³/mol. The summed E-state index contributed by atoms with van der Waals surface area (Å²) in [5.41, 5.74) is 7.85. The van der Waals surface area contributed by atoms with Crippen LogP contribution in [0.15, 0.2) is 47.5 Å². The summed E-state index contributed by atoms with van der Waals surface area (Å²) in [5.74, 6) is 1.59. The van der Waals surface area contributed by atoms with Crippen LogP contribution < -0.4 is 15.8 Å². The van der Waals surface area contributed by atoms with Crippen molar-refractivity contribution in [3.8, 4) is 11.5 Å². The van der Waals surface area contributed by atoms with Gasteiger partial charge in [0.1, 0.15) is 23.0 Å². The third-order valence-corrected chi connectivity index (χ3v) is 3.03. The molecule has 5 nitrogen and oxygen atoms in total. The summed E-state index contributed by atoms with van der Waals surface area (Å²) in [6, 6.07) is 12.2. The van der Waals surface area contributed by atoms with E-state index in [2.05, 4.69) is 10.3 Å². The minimum Gasteiger partial charge on any atom is -0.508 e. The highest BCUT2D eigenvalue weighted by Gasteiger charge is 2.20. The average Bonchev–Trinajstić information content (AvgIpc) is 2.40. The molecule has 0 radical (unpaired) electrons. The Hall–Kier alpha value is -2.69. The van der Waals surface area contributed by atoms with E-state index in [1.807, 2.05) is 19.1 Å². The zero-order valence-corrected chi connectivity index (χ0v) is 11.0. The highest BCUT2D eigenvalue weighted by Crippen LogP contribution is 2.34. The lowest BCUT2D eigenvalue weighted by molar-refractivity contribution is 0.283. The normalized spacial score (nSPS) is 16.9. The lowest BCUT2D eigenvalue weighted by atomic mass is 10.2. The van der Waals surface area contributed by atoms with Crippen LogP contribution in [-0.2, 0) is 0 Å². The zero-order valence-electron chi connectivity index (χ0n) is 11.0. The highest BCUT2D eigenvalue weighted by atomic mass is 16.5. The molecule has 0 fully saturated rings. The van der Waals surface area contributed by atoms with E-state index in [9.17, 15) is 5.11 Å². The molecule has 0 aliphatic carbocycles. The second-order valence-corrected chi connectivity index (χ2v) is 4.66. The fraction of sp³-hybridized carbons (Fsp3) is 0.133. The first kappa shape index (κ1) is 12.3. The number of nitrogens with one attached hydrogen (secondary N) is 1. The number of amidine groups is 1. The van der Waals surface area contributed by atoms with Crippen LogP contribution in [0.1, 0.15) is 6.92 Å². The molecule has 1 heterocycles. The Morgan fingerprint density at radius 1 is 1.25 bits per heavy atom. The largest absolute Gasteiger partial charge is 0.508 e. The summed E-state index contributed by atoms with van der Waals surface area (Å²) in [5, 5.41) is 12.6. The van der Waals surface area contributed by atoms with Crippen LogP contribution >= 0.6 is 0 Å². The molecule has 1 atom stereocenters. The maximum atomic E-state index is 9.47. The summed E-state index contributed by atoms with van der Waals surface area (Å²) >= 11 is 0. The first-order valence-electron chi connectivity index (χ1n) is 6.32. The third kappa shape index (κ3) is 2.38. The summed E-state index contributed by atoms with van der Waals surface area (Å²) in [6.07, 6.45) is -0.200. The van der Waals surface area contributed by atoms with E-state index in [0.29, 0.717) is 23.0 Å². The number of anilines is 2. The lowest BCUT2D eigenvalue weighted by Gasteiger charge is -2.24. The lowest BCUT2D eigenvalue weighted by Crippen LogP contribution is -2.32. The van der Waals surface area contributed by atoms with Gasteiger partial charge in [-0.2, -0.15) is 0 Å². The van der Waals surface area contributed by atoms with Crippen molar-refractivity contribution < 1.29 is 9.84 Å². The molecular weight excluding hydrogens is 254 g/mol. The Balaban J connectivity index is 1.93. The van der Waals surface area contributed by atoms with E-state index < -0.39 is 0 Å². The van der Waals surface area contributed by atoms with Crippen LogP contribution in [0.25, 0.3) is 0 Å². The Labute approximate surface area is 116 Å². The van der Waals surface area contributed by atoms with E-state index in [4.69, 9.17) is 10.5 Å². The quantitative estimate of drug-likeness (QED) is 0.695. The molecular formula is C15H15N3O2. The van der Waals surface area contributed by atoms with Crippen LogP contribution in [-0.4, -0.2) is 17.0 Å². The van der Waals surface area contributed by atoms with Crippen LogP contribution in [0.3, 0.4) is 0 Å². The van der Waals surface area contributed by atoms with Gasteiger partial charge >= 0.3 is 0 Å². The van der Waals surface area contributed by atoms with E-state index >= 15 is 0 Å². The van der Waals surface area contributed by atoms with Crippen molar-refractivity contribution in [2.45, 2.75) is 13.0 Å². The number of fused-ring (bicyclic) bond motifs is 1. The maximum absolute atomic E-state index is 9.47. The van der Waals surface area contributed by atoms with Crippen molar-refractivity contribution >= 4 is 22.9 Å². The van der Waals surface area contributed by atoms with Gasteiger partial charge in [-0.15, -0.1) is 0 Å². The topological polar surface area (TPSA) is 79.9 Å². The fourth-order valence-corrected chi connectivity index (χ4v) is 2.05. The van der Waals surface area contributed by atoms with Crippen molar-refractivity contribution in [1.29, 1.82) is 0 Å². The number of hydrogen-bond donors (Lipinski definition) is 3. The molecule has 1 aliphatic rings. The van der Waals surface area contributed by atoms with Crippen molar-refractivity contribution in [2.75, 3.05) is 11.1 Å². The molecule has 0 amide bonds. The first-order valence-corrected chi connectivity index (χ1v) is 6.32. The standard InChI is InChI=1S/C15H15N3O2/c1-9-15(17-11-3-2-4-12(19)8-11)18-13-7-10(16)5-6-14(13)20-9/h2-9,19H,16H2,1H3,(H,17,18). The van der Waals surface area contributed by atoms with Crippen molar-refractivity contribution in [2.24, 2.45) is 4.99 Å². The van der Waals surface area contributed by atoms with Gasteiger partial charge in [0.15, 0.2) is 6.10 Å². The molecule has 1 aliphatic heterocycles. The number of nitrogens with zero attached hydrogens (tertiary/aromatic N) is 1. The number of rotatable bonds is 1. The number of aromatic hydroxyl groups is 1. The SMILES string of the molecule is CC1Oc2ccc(N)cc2N=C1Nc1cccc(O)c1. The Kier molecular flexibility index (Phi) is 2.95. The Bertz CT molecular complexity index is 683. The molecule has 2 aromatic rings. The molecule has 0 aromatic heterocycles. The van der Waals surface area contributed by atoms with Gasteiger partial charge < -0.3 is 20.9 Å². The van der Waals surface area contributed by atoms with Crippen LogP contribution in [0.2, 0.25) is 0 Å². The van der Waals surface area contributed by atoms with Gasteiger partial charge in [-0.3, -0.25) is 0 Å². The third-order valence-electron chi connectivity index (χ3n) is 3.03. The number of aliphatic imine (C=N–C) groups is 1. The molecule has 0 spiro atoms. The van der Waals surface area contributed by atoms with Crippen molar-refractivity contribution in [3.63, 3.8) is 0 Å². The average molecular weight is 269 g/mol. The van der Waals surface area contributed by atoms with Gasteiger partial charge in [0.25, 0.3) is 0 Å². The zero-order chi connectivity index (χ0) is 14.1. The molecule has 20 heavy (non-hydrogen) atoms. The fourth-order valence-electron chi connectivity index (χ4n) is 2.05. The molecule has 4 N–H and O–H groups in total. The monoisotopic (exact) mass is 269 g/mol. The Morgan fingerprint density at radius 3 is 2.90 bits per heavy atom. The summed E-state index contributed by atoms with van der Waals surface area (Å²) < 4.78 is 5.79. The molecule has 0 bridgehead atoms. The van der Waals surface area contributed by atoms with Gasteiger partial charge in [-0.1, -0.05) is 6.07 Å². The van der Waals surface area contributed by atoms with Crippen LogP contribution in [0.4, 0.5) is 17.1 Å².